The fraction of sp³-hybridized carbons (Fsp3) is 0.375. The first-order valence-electron chi connectivity index (χ1n) is 7.21. The number of hydrogen-bond acceptors (Lipinski definition) is 4. The topological polar surface area (TPSA) is 62.4 Å². The number of methoxy groups -OCH3 is 1. The second kappa shape index (κ2) is 4.43. The van der Waals surface area contributed by atoms with Crippen LogP contribution in [0.4, 0.5) is 0 Å². The number of aromatic nitrogens is 1. The van der Waals surface area contributed by atoms with Gasteiger partial charge in [0.25, 0.3) is 0 Å². The molecule has 5 heteroatoms. The molecule has 2 aliphatic rings. The molecule has 1 saturated heterocycles. The fourth-order valence-electron chi connectivity index (χ4n) is 3.69. The Hall–Kier alpha value is -2.14. The first-order valence-corrected chi connectivity index (χ1v) is 7.21. The monoisotopic (exact) mass is 284 g/mol. The number of H-pyrrole nitrogens is 1. The predicted octanol–water partition coefficient (Wildman–Crippen LogP) is 2.29. The predicted molar refractivity (Wildman–Crippen MR) is 77.5 cm³/mol. The van der Waals surface area contributed by atoms with Crippen LogP contribution in [-0.4, -0.2) is 41.8 Å². The molecule has 2 aromatic rings. The lowest BCUT2D eigenvalue weighted by Crippen LogP contribution is -2.35. The molecule has 108 valence electrons. The zero-order valence-electron chi connectivity index (χ0n) is 11.8. The molecule has 2 aliphatic heterocycles. The number of hydrogen-bond donors (Lipinski definition) is 1. The summed E-state index contributed by atoms with van der Waals surface area (Å²) in [6.07, 6.45) is 2.16. The van der Waals surface area contributed by atoms with Crippen molar-refractivity contribution in [2.75, 3.05) is 20.2 Å². The van der Waals surface area contributed by atoms with Gasteiger partial charge in [-0.25, -0.2) is 4.79 Å². The van der Waals surface area contributed by atoms with Gasteiger partial charge in [-0.15, -0.1) is 0 Å². The smallest absolute Gasteiger partial charge is 0.338 e. The van der Waals surface area contributed by atoms with Crippen LogP contribution in [-0.2, 0) is 4.74 Å². The van der Waals surface area contributed by atoms with Crippen molar-refractivity contribution in [2.24, 2.45) is 0 Å². The van der Waals surface area contributed by atoms with Crippen LogP contribution in [0.3, 0.4) is 0 Å². The fourth-order valence-corrected chi connectivity index (χ4v) is 3.69. The van der Waals surface area contributed by atoms with E-state index in [0.717, 1.165) is 36.0 Å². The van der Waals surface area contributed by atoms with E-state index in [4.69, 9.17) is 4.74 Å². The number of esters is 1. The van der Waals surface area contributed by atoms with Gasteiger partial charge in [-0.3, -0.25) is 9.69 Å². The number of rotatable bonds is 1. The van der Waals surface area contributed by atoms with Crippen LogP contribution in [0.1, 0.15) is 45.3 Å². The Morgan fingerprint density at radius 1 is 1.43 bits per heavy atom. The maximum absolute atomic E-state index is 12.6. The zero-order chi connectivity index (χ0) is 14.6. The van der Waals surface area contributed by atoms with Crippen molar-refractivity contribution < 1.29 is 14.3 Å². The Kier molecular flexibility index (Phi) is 2.65. The van der Waals surface area contributed by atoms with E-state index >= 15 is 0 Å². The lowest BCUT2D eigenvalue weighted by Gasteiger charge is -2.28. The molecule has 0 aliphatic carbocycles. The van der Waals surface area contributed by atoms with E-state index in [-0.39, 0.29) is 11.8 Å². The standard InChI is InChI=1S/C16H16N2O3/c1-21-16(20)9-4-2-5-10-13(9)14-12(19)8-18-7-3-6-11(18)15(14)17-10/h2,4-5,11,17H,3,6-8H2,1H3/t11-/m1/s1. The first-order chi connectivity index (χ1) is 10.2. The van der Waals surface area contributed by atoms with E-state index in [2.05, 4.69) is 9.88 Å². The van der Waals surface area contributed by atoms with Crippen molar-refractivity contribution in [3.8, 4) is 0 Å². The summed E-state index contributed by atoms with van der Waals surface area (Å²) in [5.41, 5.74) is 2.96. The Morgan fingerprint density at radius 2 is 2.29 bits per heavy atom. The van der Waals surface area contributed by atoms with Crippen molar-refractivity contribution in [3.05, 3.63) is 35.0 Å². The van der Waals surface area contributed by atoms with Gasteiger partial charge in [0, 0.05) is 16.6 Å². The van der Waals surface area contributed by atoms with Crippen LogP contribution in [0.25, 0.3) is 10.9 Å². The molecule has 0 bridgehead atoms. The van der Waals surface area contributed by atoms with E-state index in [1.54, 1.807) is 6.07 Å². The Morgan fingerprint density at radius 3 is 3.10 bits per heavy atom. The molecule has 5 nitrogen and oxygen atoms in total. The molecule has 0 unspecified atom stereocenters. The van der Waals surface area contributed by atoms with Gasteiger partial charge >= 0.3 is 5.97 Å². The van der Waals surface area contributed by atoms with E-state index in [0.29, 0.717) is 17.7 Å². The Bertz CT molecular complexity index is 762. The summed E-state index contributed by atoms with van der Waals surface area (Å²) in [5, 5.41) is 0.718. The number of ether oxygens (including phenoxy) is 1. The average Bonchev–Trinajstić information content (AvgIpc) is 3.09. The third-order valence-electron chi connectivity index (χ3n) is 4.58. The molecular formula is C16H16N2O3. The number of ketones is 1. The zero-order valence-corrected chi connectivity index (χ0v) is 11.8. The number of carbonyl (C=O) groups excluding carboxylic acids is 2. The van der Waals surface area contributed by atoms with Gasteiger partial charge < -0.3 is 9.72 Å². The molecular weight excluding hydrogens is 268 g/mol. The van der Waals surface area contributed by atoms with E-state index in [1.165, 1.54) is 7.11 Å². The highest BCUT2D eigenvalue weighted by molar-refractivity contribution is 6.17. The van der Waals surface area contributed by atoms with Crippen molar-refractivity contribution in [3.63, 3.8) is 0 Å². The van der Waals surface area contributed by atoms with Crippen LogP contribution in [0, 0.1) is 0 Å². The first kappa shape index (κ1) is 12.6. The van der Waals surface area contributed by atoms with Crippen LogP contribution >= 0.6 is 0 Å². The lowest BCUT2D eigenvalue weighted by atomic mass is 9.94. The molecule has 0 radical (unpaired) electrons. The summed E-state index contributed by atoms with van der Waals surface area (Å²) in [6, 6.07) is 5.71. The second-order valence-electron chi connectivity index (χ2n) is 5.69. The lowest BCUT2D eigenvalue weighted by molar-refractivity contribution is 0.0603. The minimum Gasteiger partial charge on any atom is -0.465 e. The van der Waals surface area contributed by atoms with Crippen LogP contribution < -0.4 is 0 Å². The summed E-state index contributed by atoms with van der Waals surface area (Å²) in [6.45, 7) is 1.41. The Balaban J connectivity index is 2.01. The SMILES string of the molecule is COC(=O)c1cccc2[nH]c3c(c12)C(=O)CN1CCC[C@H]31. The number of fused-ring (bicyclic) bond motifs is 5. The van der Waals surface area contributed by atoms with Crippen molar-refractivity contribution in [1.82, 2.24) is 9.88 Å². The maximum Gasteiger partial charge on any atom is 0.338 e. The van der Waals surface area contributed by atoms with Crippen LogP contribution in [0.15, 0.2) is 18.2 Å². The van der Waals surface area contributed by atoms with E-state index in [1.807, 2.05) is 12.1 Å². The maximum atomic E-state index is 12.6. The molecule has 3 heterocycles. The van der Waals surface area contributed by atoms with Crippen LogP contribution in [0.2, 0.25) is 0 Å². The van der Waals surface area contributed by atoms with E-state index in [9.17, 15) is 9.59 Å². The van der Waals surface area contributed by atoms with Gasteiger partial charge in [-0.1, -0.05) is 6.07 Å². The summed E-state index contributed by atoms with van der Waals surface area (Å²) < 4.78 is 4.85. The molecule has 1 fully saturated rings. The van der Waals surface area contributed by atoms with Gasteiger partial charge in [0.05, 0.1) is 30.8 Å². The number of nitrogens with one attached hydrogen (secondary N) is 1. The van der Waals surface area contributed by atoms with Crippen molar-refractivity contribution in [2.45, 2.75) is 18.9 Å². The summed E-state index contributed by atoms with van der Waals surface area (Å²) in [4.78, 5) is 30.1. The average molecular weight is 284 g/mol. The van der Waals surface area contributed by atoms with Gasteiger partial charge in [0.1, 0.15) is 0 Å². The quantitative estimate of drug-likeness (QED) is 0.816. The minimum atomic E-state index is -0.399. The number of benzene rings is 1. The molecule has 0 saturated carbocycles. The highest BCUT2D eigenvalue weighted by atomic mass is 16.5. The third-order valence-corrected chi connectivity index (χ3v) is 4.58. The summed E-state index contributed by atoms with van der Waals surface area (Å²) in [5.74, 6) is -0.310. The molecule has 1 atom stereocenters. The molecule has 1 aromatic carbocycles. The summed E-state index contributed by atoms with van der Waals surface area (Å²) >= 11 is 0. The van der Waals surface area contributed by atoms with E-state index < -0.39 is 5.97 Å². The van der Waals surface area contributed by atoms with Gasteiger partial charge in [0.15, 0.2) is 5.78 Å². The highest BCUT2D eigenvalue weighted by Crippen LogP contribution is 2.40. The molecule has 4 rings (SSSR count). The highest BCUT2D eigenvalue weighted by Gasteiger charge is 2.38. The number of Topliss-reactive ketones (excluding diaryl/α,β-unsaturated/α-hetero) is 1. The Labute approximate surface area is 121 Å². The largest absolute Gasteiger partial charge is 0.465 e. The van der Waals surface area contributed by atoms with Crippen molar-refractivity contribution in [1.29, 1.82) is 0 Å². The molecule has 21 heavy (non-hydrogen) atoms. The van der Waals surface area contributed by atoms with Gasteiger partial charge in [-0.05, 0) is 31.5 Å². The summed E-state index contributed by atoms with van der Waals surface area (Å²) in [7, 11) is 1.36. The number of carbonyl (C=O) groups is 2. The van der Waals surface area contributed by atoms with Gasteiger partial charge in [0.2, 0.25) is 0 Å². The normalized spacial score (nSPS) is 21.4. The van der Waals surface area contributed by atoms with Crippen LogP contribution in [0.5, 0.6) is 0 Å². The molecule has 0 amide bonds. The molecule has 1 N–H and O–H groups in total. The molecule has 0 spiro atoms. The molecule has 1 aromatic heterocycles. The second-order valence-corrected chi connectivity index (χ2v) is 5.69. The van der Waals surface area contributed by atoms with Gasteiger partial charge in [-0.2, -0.15) is 0 Å². The van der Waals surface area contributed by atoms with Crippen molar-refractivity contribution >= 4 is 22.7 Å². The minimum absolute atomic E-state index is 0.0887. The third kappa shape index (κ3) is 1.67. The number of nitrogens with zero attached hydrogens (tertiary/aromatic N) is 1. The number of aromatic amines is 1.